The number of hydrogen-bond acceptors (Lipinski definition) is 2. The summed E-state index contributed by atoms with van der Waals surface area (Å²) < 4.78 is 5.69. The van der Waals surface area contributed by atoms with E-state index in [9.17, 15) is 0 Å². The van der Waals surface area contributed by atoms with Crippen LogP contribution < -0.4 is 5.32 Å². The van der Waals surface area contributed by atoms with Crippen molar-refractivity contribution in [2.75, 3.05) is 13.2 Å². The summed E-state index contributed by atoms with van der Waals surface area (Å²) in [5.74, 6) is 0. The molecule has 5 rings (SSSR count). The van der Waals surface area contributed by atoms with Gasteiger partial charge in [-0.2, -0.15) is 0 Å². The van der Waals surface area contributed by atoms with Crippen LogP contribution >= 0.6 is 0 Å². The van der Waals surface area contributed by atoms with Crippen LogP contribution in [0.4, 0.5) is 0 Å². The van der Waals surface area contributed by atoms with Crippen LogP contribution in [0, 0.1) is 0 Å². The highest BCUT2D eigenvalue weighted by atomic mass is 16.5. The number of hydrogen-bond donors (Lipinski definition) is 1. The molecule has 0 radical (unpaired) electrons. The van der Waals surface area contributed by atoms with E-state index in [4.69, 9.17) is 4.74 Å². The molecule has 0 amide bonds. The van der Waals surface area contributed by atoms with Crippen molar-refractivity contribution in [2.45, 2.75) is 18.5 Å². The van der Waals surface area contributed by atoms with Crippen LogP contribution in [0.1, 0.15) is 12.0 Å². The molecule has 1 fully saturated rings. The zero-order chi connectivity index (χ0) is 15.2. The average Bonchev–Trinajstić information content (AvgIpc) is 2.59. The number of ether oxygens (including phenoxy) is 1. The molecule has 0 spiro atoms. The van der Waals surface area contributed by atoms with Gasteiger partial charge in [-0.1, -0.05) is 54.6 Å². The molecule has 23 heavy (non-hydrogen) atoms. The van der Waals surface area contributed by atoms with Gasteiger partial charge in [-0.15, -0.1) is 0 Å². The van der Waals surface area contributed by atoms with E-state index < -0.39 is 0 Å². The third-order valence-corrected chi connectivity index (χ3v) is 5.03. The third kappa shape index (κ3) is 2.18. The minimum atomic E-state index is 0.343. The average molecular weight is 301 g/mol. The molecule has 0 aliphatic carbocycles. The van der Waals surface area contributed by atoms with Gasteiger partial charge in [0, 0.05) is 12.1 Å². The lowest BCUT2D eigenvalue weighted by molar-refractivity contribution is 0.0561. The smallest absolute Gasteiger partial charge is 0.0656 e. The Morgan fingerprint density at radius 3 is 2.26 bits per heavy atom. The Labute approximate surface area is 135 Å². The highest BCUT2D eigenvalue weighted by molar-refractivity contribution is 6.09. The van der Waals surface area contributed by atoms with E-state index in [-0.39, 0.29) is 0 Å². The van der Waals surface area contributed by atoms with E-state index in [0.29, 0.717) is 12.1 Å². The fourth-order valence-electron chi connectivity index (χ4n) is 4.07. The summed E-state index contributed by atoms with van der Waals surface area (Å²) in [6.07, 6.45) is 3.42. The predicted molar refractivity (Wildman–Crippen MR) is 95.6 cm³/mol. The van der Waals surface area contributed by atoms with Crippen molar-refractivity contribution < 1.29 is 4.74 Å². The largest absolute Gasteiger partial charge is 0.378 e. The monoisotopic (exact) mass is 301 g/mol. The van der Waals surface area contributed by atoms with Crippen molar-refractivity contribution in [3.63, 3.8) is 0 Å². The van der Waals surface area contributed by atoms with Crippen LogP contribution in [-0.2, 0) is 4.74 Å². The Morgan fingerprint density at radius 1 is 0.870 bits per heavy atom. The Kier molecular flexibility index (Phi) is 3.00. The van der Waals surface area contributed by atoms with Gasteiger partial charge in [0.2, 0.25) is 0 Å². The normalized spacial score (nSPS) is 23.9. The van der Waals surface area contributed by atoms with Gasteiger partial charge in [-0.3, -0.25) is 0 Å². The Hall–Kier alpha value is -2.16. The molecule has 2 aliphatic heterocycles. The summed E-state index contributed by atoms with van der Waals surface area (Å²) in [6, 6.07) is 20.6. The van der Waals surface area contributed by atoms with Gasteiger partial charge >= 0.3 is 0 Å². The first-order chi connectivity index (χ1) is 11.4. The van der Waals surface area contributed by atoms with Gasteiger partial charge in [0.15, 0.2) is 0 Å². The van der Waals surface area contributed by atoms with Gasteiger partial charge in [0.25, 0.3) is 0 Å². The second kappa shape index (κ2) is 5.19. The first-order valence-corrected chi connectivity index (χ1v) is 8.34. The summed E-state index contributed by atoms with van der Waals surface area (Å²) >= 11 is 0. The minimum Gasteiger partial charge on any atom is -0.378 e. The zero-order valence-corrected chi connectivity index (χ0v) is 13.0. The second-order valence-electron chi connectivity index (χ2n) is 6.60. The van der Waals surface area contributed by atoms with Crippen LogP contribution in [-0.4, -0.2) is 25.3 Å². The lowest BCUT2D eigenvalue weighted by atomic mass is 9.86. The molecular weight excluding hydrogens is 282 g/mol. The quantitative estimate of drug-likeness (QED) is 0.682. The Bertz CT molecular complexity index is 873. The molecule has 1 N–H and O–H groups in total. The summed E-state index contributed by atoms with van der Waals surface area (Å²) in [6.45, 7) is 1.60. The van der Waals surface area contributed by atoms with E-state index in [1.54, 1.807) is 0 Å². The number of fused-ring (bicyclic) bond motifs is 4. The standard InChI is InChI=1S/C21H19NO/c1-3-7-19-14(5-1)9-15-6-2-4-8-20(15)21(19)16-10-17-12-23-13-18(11-16)22-17/h1-10,17-18,22H,11-13H2. The second-order valence-corrected chi connectivity index (χ2v) is 6.60. The van der Waals surface area contributed by atoms with Crippen LogP contribution in [0.5, 0.6) is 0 Å². The van der Waals surface area contributed by atoms with E-state index >= 15 is 0 Å². The van der Waals surface area contributed by atoms with Crippen LogP contribution in [0.15, 0.2) is 60.7 Å². The van der Waals surface area contributed by atoms with Crippen molar-refractivity contribution >= 4 is 27.1 Å². The first-order valence-electron chi connectivity index (χ1n) is 8.34. The molecule has 0 aromatic heterocycles. The molecule has 3 aromatic rings. The molecule has 2 heteroatoms. The summed E-state index contributed by atoms with van der Waals surface area (Å²) in [5, 5.41) is 9.01. The van der Waals surface area contributed by atoms with Gasteiger partial charge < -0.3 is 10.1 Å². The summed E-state index contributed by atoms with van der Waals surface area (Å²) in [5.41, 5.74) is 2.88. The van der Waals surface area contributed by atoms with Gasteiger partial charge in [0.05, 0.1) is 13.2 Å². The van der Waals surface area contributed by atoms with Gasteiger partial charge in [-0.25, -0.2) is 0 Å². The van der Waals surface area contributed by atoms with E-state index in [0.717, 1.165) is 19.6 Å². The first kappa shape index (κ1) is 13.3. The number of benzene rings is 3. The van der Waals surface area contributed by atoms with Crippen LogP contribution in [0.2, 0.25) is 0 Å². The molecule has 1 saturated heterocycles. The van der Waals surface area contributed by atoms with Crippen molar-refractivity contribution in [1.82, 2.24) is 5.32 Å². The van der Waals surface area contributed by atoms with E-state index in [2.05, 4.69) is 66.0 Å². The fraction of sp³-hybridized carbons (Fsp3) is 0.238. The minimum absolute atomic E-state index is 0.343. The lowest BCUT2D eigenvalue weighted by Gasteiger charge is -2.35. The van der Waals surface area contributed by atoms with Crippen molar-refractivity contribution in [1.29, 1.82) is 0 Å². The molecule has 114 valence electrons. The molecule has 2 nitrogen and oxygen atoms in total. The predicted octanol–water partition coefficient (Wildman–Crippen LogP) is 4.14. The fourth-order valence-corrected chi connectivity index (χ4v) is 4.07. The maximum Gasteiger partial charge on any atom is 0.0656 e. The molecule has 2 heterocycles. The molecule has 2 bridgehead atoms. The maximum absolute atomic E-state index is 5.69. The summed E-state index contributed by atoms with van der Waals surface area (Å²) in [7, 11) is 0. The Balaban J connectivity index is 1.83. The zero-order valence-electron chi connectivity index (χ0n) is 13.0. The van der Waals surface area contributed by atoms with Crippen LogP contribution in [0.3, 0.4) is 0 Å². The number of morpholine rings is 1. The molecule has 2 unspecified atom stereocenters. The topological polar surface area (TPSA) is 21.3 Å². The SMILES string of the molecule is C1=C(c2c3ccccc3cc3ccccc23)CC2COCC1N2. The van der Waals surface area contributed by atoms with Crippen molar-refractivity contribution in [3.05, 3.63) is 66.2 Å². The highest BCUT2D eigenvalue weighted by Gasteiger charge is 2.27. The molecule has 2 aliphatic rings. The molecular formula is C21H19NO. The molecule has 3 aromatic carbocycles. The highest BCUT2D eigenvalue weighted by Crippen LogP contribution is 2.37. The number of nitrogens with one attached hydrogen (secondary N) is 1. The van der Waals surface area contributed by atoms with Gasteiger partial charge in [0.1, 0.15) is 0 Å². The van der Waals surface area contributed by atoms with E-state index in [1.165, 1.54) is 32.7 Å². The van der Waals surface area contributed by atoms with Crippen molar-refractivity contribution in [3.8, 4) is 0 Å². The van der Waals surface area contributed by atoms with E-state index in [1.807, 2.05) is 0 Å². The lowest BCUT2D eigenvalue weighted by Crippen LogP contribution is -2.50. The van der Waals surface area contributed by atoms with Crippen molar-refractivity contribution in [2.24, 2.45) is 0 Å². The maximum atomic E-state index is 5.69. The molecule has 2 atom stereocenters. The van der Waals surface area contributed by atoms with Crippen LogP contribution in [0.25, 0.3) is 27.1 Å². The van der Waals surface area contributed by atoms with Gasteiger partial charge in [-0.05, 0) is 45.2 Å². The Morgan fingerprint density at radius 2 is 1.57 bits per heavy atom. The molecule has 0 saturated carbocycles. The summed E-state index contributed by atoms with van der Waals surface area (Å²) in [4.78, 5) is 0. The third-order valence-electron chi connectivity index (χ3n) is 5.03. The number of rotatable bonds is 1.